The molecule has 0 bridgehead atoms. The summed E-state index contributed by atoms with van der Waals surface area (Å²) in [5.41, 5.74) is 4.70. The first-order valence-corrected chi connectivity index (χ1v) is 11.6. The van der Waals surface area contributed by atoms with Gasteiger partial charge in [0.05, 0.1) is 0 Å². The molecule has 1 unspecified atom stereocenters. The van der Waals surface area contributed by atoms with Crippen LogP contribution in [0.2, 0.25) is 0 Å². The first kappa shape index (κ1) is 24.3. The van der Waals surface area contributed by atoms with Crippen LogP contribution < -0.4 is 10.6 Å². The molecule has 2 amide bonds. The van der Waals surface area contributed by atoms with Crippen molar-refractivity contribution in [2.24, 2.45) is 0 Å². The predicted octanol–water partition coefficient (Wildman–Crippen LogP) is 4.46. The molecule has 176 valence electrons. The number of aliphatic carboxylic acids is 1. The maximum Gasteiger partial charge on any atom is 0.407 e. The third-order valence-electron chi connectivity index (χ3n) is 5.90. The highest BCUT2D eigenvalue weighted by atomic mass is 16.5. The molecule has 0 aromatic heterocycles. The summed E-state index contributed by atoms with van der Waals surface area (Å²) in [5, 5.41) is 14.2. The van der Waals surface area contributed by atoms with Crippen LogP contribution >= 0.6 is 0 Å². The zero-order valence-corrected chi connectivity index (χ0v) is 19.0. The molecule has 3 rings (SSSR count). The fourth-order valence-corrected chi connectivity index (χ4v) is 4.16. The highest BCUT2D eigenvalue weighted by molar-refractivity contribution is 5.79. The summed E-state index contributed by atoms with van der Waals surface area (Å²) in [6.07, 6.45) is 2.64. The van der Waals surface area contributed by atoms with Gasteiger partial charge in [0, 0.05) is 31.3 Å². The van der Waals surface area contributed by atoms with Gasteiger partial charge in [-0.05, 0) is 48.4 Å². The number of carboxylic acids is 1. The number of hydrogen-bond donors (Lipinski definition) is 3. The number of amides is 2. The van der Waals surface area contributed by atoms with E-state index in [1.54, 1.807) is 0 Å². The number of carbonyl (C=O) groups is 3. The molecule has 1 atom stereocenters. The van der Waals surface area contributed by atoms with E-state index < -0.39 is 12.1 Å². The minimum Gasteiger partial charge on any atom is -0.481 e. The number of alkyl carbamates (subject to hydrolysis) is 1. The van der Waals surface area contributed by atoms with Crippen LogP contribution in [0, 0.1) is 0 Å². The molecule has 0 aliphatic heterocycles. The molecule has 3 N–H and O–H groups in total. The number of hydrogen-bond acceptors (Lipinski definition) is 4. The number of benzene rings is 2. The average molecular weight is 453 g/mol. The summed E-state index contributed by atoms with van der Waals surface area (Å²) >= 11 is 0. The zero-order valence-electron chi connectivity index (χ0n) is 19.0. The molecular weight excluding hydrogens is 420 g/mol. The van der Waals surface area contributed by atoms with Crippen LogP contribution in [0.4, 0.5) is 4.79 Å². The molecule has 0 saturated carbocycles. The van der Waals surface area contributed by atoms with Gasteiger partial charge in [-0.3, -0.25) is 9.59 Å². The number of carbonyl (C=O) groups excluding carboxylic acids is 2. The summed E-state index contributed by atoms with van der Waals surface area (Å²) in [5.74, 6) is -0.855. The van der Waals surface area contributed by atoms with Crippen molar-refractivity contribution in [1.29, 1.82) is 0 Å². The van der Waals surface area contributed by atoms with Gasteiger partial charge in [-0.2, -0.15) is 0 Å². The molecular formula is C26H32N2O5. The van der Waals surface area contributed by atoms with Crippen LogP contribution in [0.25, 0.3) is 11.1 Å². The van der Waals surface area contributed by atoms with Gasteiger partial charge in [0.2, 0.25) is 5.91 Å². The van der Waals surface area contributed by atoms with E-state index in [9.17, 15) is 14.4 Å². The SMILES string of the molecule is CC(CCC(=O)NCCCCCC(=O)O)NC(=O)OCC1c2ccccc2-c2ccccc21. The van der Waals surface area contributed by atoms with Crippen LogP contribution in [0.5, 0.6) is 0 Å². The Hall–Kier alpha value is -3.35. The monoisotopic (exact) mass is 452 g/mol. The topological polar surface area (TPSA) is 105 Å². The smallest absolute Gasteiger partial charge is 0.407 e. The van der Waals surface area contributed by atoms with Gasteiger partial charge in [0.1, 0.15) is 6.61 Å². The normalized spacial score (nSPS) is 13.0. The number of ether oxygens (including phenoxy) is 1. The fraction of sp³-hybridized carbons (Fsp3) is 0.423. The van der Waals surface area contributed by atoms with E-state index in [4.69, 9.17) is 9.84 Å². The predicted molar refractivity (Wildman–Crippen MR) is 126 cm³/mol. The van der Waals surface area contributed by atoms with Gasteiger partial charge < -0.3 is 20.5 Å². The van der Waals surface area contributed by atoms with Crippen molar-refractivity contribution in [2.75, 3.05) is 13.2 Å². The van der Waals surface area contributed by atoms with E-state index in [2.05, 4.69) is 34.9 Å². The Labute approximate surface area is 194 Å². The molecule has 0 radical (unpaired) electrons. The van der Waals surface area contributed by atoms with E-state index in [1.165, 1.54) is 22.3 Å². The van der Waals surface area contributed by atoms with Crippen molar-refractivity contribution < 1.29 is 24.2 Å². The summed E-state index contributed by atoms with van der Waals surface area (Å²) in [6.45, 7) is 2.64. The molecule has 2 aromatic rings. The lowest BCUT2D eigenvalue weighted by atomic mass is 9.98. The quantitative estimate of drug-likeness (QED) is 0.413. The van der Waals surface area contributed by atoms with E-state index in [0.717, 1.165) is 12.8 Å². The zero-order chi connectivity index (χ0) is 23.6. The largest absolute Gasteiger partial charge is 0.481 e. The van der Waals surface area contributed by atoms with Gasteiger partial charge in [-0.15, -0.1) is 0 Å². The third kappa shape index (κ3) is 7.07. The number of nitrogens with one attached hydrogen (secondary N) is 2. The van der Waals surface area contributed by atoms with Crippen LogP contribution in [-0.2, 0) is 14.3 Å². The van der Waals surface area contributed by atoms with Crippen LogP contribution in [-0.4, -0.2) is 42.3 Å². The molecule has 0 heterocycles. The molecule has 0 spiro atoms. The number of rotatable bonds is 12. The highest BCUT2D eigenvalue weighted by Gasteiger charge is 2.29. The van der Waals surface area contributed by atoms with Crippen molar-refractivity contribution in [3.63, 3.8) is 0 Å². The first-order valence-electron chi connectivity index (χ1n) is 11.6. The Bertz CT molecular complexity index is 929. The number of fused-ring (bicyclic) bond motifs is 3. The molecule has 0 fully saturated rings. The number of carboxylic acid groups (broad SMARTS) is 1. The Balaban J connectivity index is 1.36. The molecule has 7 heteroatoms. The summed E-state index contributed by atoms with van der Waals surface area (Å²) in [7, 11) is 0. The van der Waals surface area contributed by atoms with Gasteiger partial charge in [0.15, 0.2) is 0 Å². The second kappa shape index (κ2) is 12.0. The molecule has 2 aromatic carbocycles. The van der Waals surface area contributed by atoms with Crippen LogP contribution in [0.3, 0.4) is 0 Å². The van der Waals surface area contributed by atoms with Crippen LogP contribution in [0.15, 0.2) is 48.5 Å². The van der Waals surface area contributed by atoms with Gasteiger partial charge in [-0.1, -0.05) is 55.0 Å². The maximum atomic E-state index is 12.3. The molecule has 1 aliphatic carbocycles. The van der Waals surface area contributed by atoms with E-state index in [-0.39, 0.29) is 30.9 Å². The summed E-state index contributed by atoms with van der Waals surface area (Å²) in [6, 6.07) is 16.2. The van der Waals surface area contributed by atoms with Gasteiger partial charge in [0.25, 0.3) is 0 Å². The van der Waals surface area contributed by atoms with Crippen molar-refractivity contribution in [2.45, 2.75) is 57.4 Å². The highest BCUT2D eigenvalue weighted by Crippen LogP contribution is 2.44. The maximum absolute atomic E-state index is 12.3. The third-order valence-corrected chi connectivity index (χ3v) is 5.90. The van der Waals surface area contributed by atoms with Crippen LogP contribution in [0.1, 0.15) is 62.5 Å². The van der Waals surface area contributed by atoms with Crippen molar-refractivity contribution in [1.82, 2.24) is 10.6 Å². The molecule has 33 heavy (non-hydrogen) atoms. The first-order chi connectivity index (χ1) is 16.0. The minimum atomic E-state index is -0.795. The van der Waals surface area contributed by atoms with Crippen molar-refractivity contribution in [3.05, 3.63) is 59.7 Å². The molecule has 0 saturated heterocycles. The number of unbranched alkanes of at least 4 members (excludes halogenated alkanes) is 2. The van der Waals surface area contributed by atoms with Crippen molar-refractivity contribution in [3.8, 4) is 11.1 Å². The summed E-state index contributed by atoms with van der Waals surface area (Å²) in [4.78, 5) is 34.7. The minimum absolute atomic E-state index is 0.0136. The van der Waals surface area contributed by atoms with E-state index in [0.29, 0.717) is 25.8 Å². The summed E-state index contributed by atoms with van der Waals surface area (Å²) < 4.78 is 5.54. The van der Waals surface area contributed by atoms with Gasteiger partial charge >= 0.3 is 12.1 Å². The van der Waals surface area contributed by atoms with E-state index >= 15 is 0 Å². The molecule has 1 aliphatic rings. The van der Waals surface area contributed by atoms with Crippen molar-refractivity contribution >= 4 is 18.0 Å². The Morgan fingerprint density at radius 1 is 0.939 bits per heavy atom. The Morgan fingerprint density at radius 3 is 2.21 bits per heavy atom. The standard InChI is InChI=1S/C26H32N2O5/c1-18(14-15-24(29)27-16-8-2-3-13-25(30)31)28-26(32)33-17-23-21-11-6-4-9-19(21)20-10-5-7-12-22(20)23/h4-7,9-12,18,23H,2-3,8,13-17H2,1H3,(H,27,29)(H,28,32)(H,30,31). The second-order valence-electron chi connectivity index (χ2n) is 8.46. The Kier molecular flexibility index (Phi) is 8.87. The molecule has 7 nitrogen and oxygen atoms in total. The lowest BCUT2D eigenvalue weighted by Gasteiger charge is -2.17. The van der Waals surface area contributed by atoms with Gasteiger partial charge in [-0.25, -0.2) is 4.79 Å². The van der Waals surface area contributed by atoms with E-state index in [1.807, 2.05) is 31.2 Å². The Morgan fingerprint density at radius 2 is 1.58 bits per heavy atom. The average Bonchev–Trinajstić information content (AvgIpc) is 3.12. The second-order valence-corrected chi connectivity index (χ2v) is 8.46. The lowest BCUT2D eigenvalue weighted by molar-refractivity contribution is -0.137. The fourth-order valence-electron chi connectivity index (χ4n) is 4.16. The lowest BCUT2D eigenvalue weighted by Crippen LogP contribution is -2.35.